The van der Waals surface area contributed by atoms with Crippen LogP contribution in [0.2, 0.25) is 0 Å². The van der Waals surface area contributed by atoms with Crippen molar-refractivity contribution < 1.29 is 17.9 Å². The number of nitrogens with one attached hydrogen (secondary N) is 1. The van der Waals surface area contributed by atoms with E-state index in [0.717, 1.165) is 14.7 Å². The van der Waals surface area contributed by atoms with E-state index in [1.807, 2.05) is 22.8 Å². The first-order valence-electron chi connectivity index (χ1n) is 10.1. The molecule has 0 aliphatic rings. The fourth-order valence-corrected chi connectivity index (χ4v) is 5.89. The summed E-state index contributed by atoms with van der Waals surface area (Å²) in [5.41, 5.74) is 1.64. The summed E-state index contributed by atoms with van der Waals surface area (Å²) in [7, 11) is -2.27. The van der Waals surface area contributed by atoms with Gasteiger partial charge in [-0.1, -0.05) is 33.3 Å². The Morgan fingerprint density at radius 1 is 1.15 bits per heavy atom. The normalized spacial score (nSPS) is 12.0. The number of anilines is 1. The number of hydrogen-bond acceptors (Lipinski definition) is 5. The summed E-state index contributed by atoms with van der Waals surface area (Å²) in [5.74, 6) is 0.138. The molecule has 4 rings (SSSR count). The lowest BCUT2D eigenvalue weighted by molar-refractivity contribution is 0.0998. The van der Waals surface area contributed by atoms with Crippen LogP contribution >= 0.6 is 27.3 Å². The summed E-state index contributed by atoms with van der Waals surface area (Å²) in [6.07, 6.45) is 1.75. The van der Waals surface area contributed by atoms with Gasteiger partial charge in [0.1, 0.15) is 5.75 Å². The second-order valence-corrected chi connectivity index (χ2v) is 10.8. The molecule has 0 bridgehead atoms. The number of allylic oxidation sites excluding steroid dienone is 1. The van der Waals surface area contributed by atoms with Crippen molar-refractivity contribution in [3.05, 3.63) is 94.2 Å². The number of nitrogens with zero attached hydrogens (tertiary/aromatic N) is 2. The lowest BCUT2D eigenvalue weighted by Crippen LogP contribution is -2.16. The molecule has 0 saturated heterocycles. The van der Waals surface area contributed by atoms with Gasteiger partial charge >= 0.3 is 0 Å². The molecule has 0 aliphatic heterocycles. The molecular weight excluding hydrogens is 538 g/mol. The highest BCUT2D eigenvalue weighted by Gasteiger charge is 2.15. The molecule has 174 valence electrons. The number of sulfonamides is 1. The zero-order chi connectivity index (χ0) is 24.3. The molecule has 7 nitrogen and oxygen atoms in total. The molecule has 0 radical (unpaired) electrons. The molecule has 0 fully saturated rings. The van der Waals surface area contributed by atoms with E-state index in [4.69, 9.17) is 4.74 Å². The first-order valence-corrected chi connectivity index (χ1v) is 13.2. The van der Waals surface area contributed by atoms with Gasteiger partial charge in [-0.3, -0.25) is 9.52 Å². The highest BCUT2D eigenvalue weighted by Crippen LogP contribution is 2.23. The summed E-state index contributed by atoms with van der Waals surface area (Å²) in [6.45, 7) is 4.31. The van der Waals surface area contributed by atoms with E-state index in [1.54, 1.807) is 30.3 Å². The number of aromatic nitrogens is 1. The van der Waals surface area contributed by atoms with Gasteiger partial charge in [0.2, 0.25) is 0 Å². The van der Waals surface area contributed by atoms with Crippen LogP contribution in [0.1, 0.15) is 10.4 Å². The van der Waals surface area contributed by atoms with Crippen molar-refractivity contribution in [3.63, 3.8) is 0 Å². The van der Waals surface area contributed by atoms with E-state index in [1.165, 1.54) is 42.7 Å². The first kappa shape index (κ1) is 23.9. The third-order valence-corrected chi connectivity index (χ3v) is 7.84. The zero-order valence-electron chi connectivity index (χ0n) is 18.1. The lowest BCUT2D eigenvalue weighted by Gasteiger charge is -2.09. The molecule has 1 N–H and O–H groups in total. The van der Waals surface area contributed by atoms with Crippen molar-refractivity contribution in [2.75, 3.05) is 11.8 Å². The largest absolute Gasteiger partial charge is 0.497 e. The van der Waals surface area contributed by atoms with Crippen LogP contribution in [0.15, 0.2) is 93.7 Å². The van der Waals surface area contributed by atoms with E-state index < -0.39 is 15.9 Å². The van der Waals surface area contributed by atoms with Gasteiger partial charge in [0.05, 0.1) is 22.2 Å². The molecule has 4 aromatic rings. The minimum Gasteiger partial charge on any atom is -0.497 e. The average Bonchev–Trinajstić information content (AvgIpc) is 3.15. The van der Waals surface area contributed by atoms with Crippen molar-refractivity contribution in [1.29, 1.82) is 0 Å². The van der Waals surface area contributed by atoms with E-state index in [-0.39, 0.29) is 4.90 Å². The quantitative estimate of drug-likeness (QED) is 0.316. The smallest absolute Gasteiger partial charge is 0.279 e. The van der Waals surface area contributed by atoms with Gasteiger partial charge in [-0.25, -0.2) is 8.42 Å². The maximum absolute atomic E-state index is 12.8. The maximum atomic E-state index is 12.8. The first-order chi connectivity index (χ1) is 16.3. The molecule has 1 heterocycles. The molecule has 10 heteroatoms. The van der Waals surface area contributed by atoms with Gasteiger partial charge in [0.15, 0.2) is 4.80 Å². The Balaban J connectivity index is 1.58. The highest BCUT2D eigenvalue weighted by atomic mass is 79.9. The number of thiazole rings is 1. The predicted octanol–water partition coefficient (Wildman–Crippen LogP) is 5.20. The number of carbonyl (C=O) groups excluding carboxylic acids is 1. The van der Waals surface area contributed by atoms with E-state index in [9.17, 15) is 13.2 Å². The van der Waals surface area contributed by atoms with Crippen LogP contribution in [-0.4, -0.2) is 26.0 Å². The van der Waals surface area contributed by atoms with Crippen molar-refractivity contribution >= 4 is 59.1 Å². The minimum absolute atomic E-state index is 0.103. The van der Waals surface area contributed by atoms with E-state index in [0.29, 0.717) is 28.3 Å². The van der Waals surface area contributed by atoms with Crippen molar-refractivity contribution in [2.45, 2.75) is 11.4 Å². The molecule has 0 aliphatic carbocycles. The van der Waals surface area contributed by atoms with Crippen LogP contribution in [0, 0.1) is 0 Å². The van der Waals surface area contributed by atoms with Gasteiger partial charge in [-0.05, 0) is 66.7 Å². The maximum Gasteiger partial charge on any atom is 0.279 e. The second-order valence-electron chi connectivity index (χ2n) is 7.17. The molecule has 0 unspecified atom stereocenters. The second kappa shape index (κ2) is 9.96. The molecule has 1 aromatic heterocycles. The average molecular weight is 558 g/mol. The summed E-state index contributed by atoms with van der Waals surface area (Å²) in [6, 6.07) is 18.1. The fraction of sp³-hybridized carbons (Fsp3) is 0.0833. The number of hydrogen-bond donors (Lipinski definition) is 1. The van der Waals surface area contributed by atoms with Crippen LogP contribution in [0.5, 0.6) is 5.75 Å². The monoisotopic (exact) mass is 557 g/mol. The van der Waals surface area contributed by atoms with Gasteiger partial charge in [-0.15, -0.1) is 6.58 Å². The SMILES string of the molecule is C=CCn1c(=NC(=O)c2ccc(NS(=O)(=O)c3ccc(OC)cc3)cc2)sc2cc(Br)ccc21. The number of ether oxygens (including phenoxy) is 1. The van der Waals surface area contributed by atoms with Crippen molar-refractivity contribution in [3.8, 4) is 5.75 Å². The number of rotatable bonds is 7. The Kier molecular flexibility index (Phi) is 7.01. The number of amides is 1. The Bertz CT molecular complexity index is 1540. The Hall–Kier alpha value is -3.21. The molecule has 34 heavy (non-hydrogen) atoms. The molecule has 1 amide bonds. The third kappa shape index (κ3) is 5.14. The lowest BCUT2D eigenvalue weighted by atomic mass is 10.2. The van der Waals surface area contributed by atoms with Crippen LogP contribution in [0.4, 0.5) is 5.69 Å². The number of fused-ring (bicyclic) bond motifs is 1. The third-order valence-electron chi connectivity index (χ3n) is 4.91. The van der Waals surface area contributed by atoms with Gasteiger partial charge in [-0.2, -0.15) is 4.99 Å². The van der Waals surface area contributed by atoms with Crippen LogP contribution < -0.4 is 14.3 Å². The summed E-state index contributed by atoms with van der Waals surface area (Å²) in [4.78, 5) is 17.8. The number of methoxy groups -OCH3 is 1. The fourth-order valence-electron chi connectivity index (χ4n) is 3.24. The van der Waals surface area contributed by atoms with E-state index in [2.05, 4.69) is 32.2 Å². The van der Waals surface area contributed by atoms with Crippen LogP contribution in [-0.2, 0) is 16.6 Å². The number of benzene rings is 3. The molecule has 3 aromatic carbocycles. The van der Waals surface area contributed by atoms with Crippen LogP contribution in [0.3, 0.4) is 0 Å². The van der Waals surface area contributed by atoms with Crippen LogP contribution in [0.25, 0.3) is 10.2 Å². The topological polar surface area (TPSA) is 89.8 Å². The Morgan fingerprint density at radius 2 is 1.85 bits per heavy atom. The standard InChI is InChI=1S/C24H20BrN3O4S2/c1-3-14-28-21-13-6-17(25)15-22(21)33-24(28)26-23(29)16-4-7-18(8-5-16)27-34(30,31)20-11-9-19(32-2)10-12-20/h3-13,15,27H,1,14H2,2H3. The number of halogens is 1. The van der Waals surface area contributed by atoms with E-state index >= 15 is 0 Å². The van der Waals surface area contributed by atoms with Gasteiger partial charge < -0.3 is 9.30 Å². The molecule has 0 saturated carbocycles. The van der Waals surface area contributed by atoms with Crippen molar-refractivity contribution in [2.24, 2.45) is 4.99 Å². The highest BCUT2D eigenvalue weighted by molar-refractivity contribution is 9.10. The van der Waals surface area contributed by atoms with Crippen molar-refractivity contribution in [1.82, 2.24) is 4.57 Å². The molecular formula is C24H20BrN3O4S2. The molecule has 0 atom stereocenters. The summed E-state index contributed by atoms with van der Waals surface area (Å²) >= 11 is 4.88. The summed E-state index contributed by atoms with van der Waals surface area (Å²) < 4.78 is 36.7. The molecule has 0 spiro atoms. The summed E-state index contributed by atoms with van der Waals surface area (Å²) in [5, 5.41) is 0. The van der Waals surface area contributed by atoms with Gasteiger partial charge in [0.25, 0.3) is 15.9 Å². The number of carbonyl (C=O) groups is 1. The van der Waals surface area contributed by atoms with Gasteiger partial charge in [0, 0.05) is 22.3 Å². The minimum atomic E-state index is -3.78. The zero-order valence-corrected chi connectivity index (χ0v) is 21.3. The Morgan fingerprint density at radius 3 is 2.50 bits per heavy atom. The Labute approximate surface area is 209 Å². The predicted molar refractivity (Wildman–Crippen MR) is 138 cm³/mol.